The highest BCUT2D eigenvalue weighted by atomic mass is 32.2. The van der Waals surface area contributed by atoms with E-state index in [1.54, 1.807) is 0 Å². The Morgan fingerprint density at radius 2 is 2.27 bits per heavy atom. The van der Waals surface area contributed by atoms with Crippen molar-refractivity contribution in [1.29, 1.82) is 0 Å². The summed E-state index contributed by atoms with van der Waals surface area (Å²) in [6.45, 7) is 4.61. The van der Waals surface area contributed by atoms with Gasteiger partial charge in [-0.3, -0.25) is 5.10 Å². The van der Waals surface area contributed by atoms with Gasteiger partial charge in [-0.05, 0) is 25.9 Å². The molecule has 62 valence electrons. The summed E-state index contributed by atoms with van der Waals surface area (Å²) in [7, 11) is 0. The number of aryl methyl sites for hydroxylation is 2. The molecule has 0 saturated carbocycles. The summed E-state index contributed by atoms with van der Waals surface area (Å²) in [5.41, 5.74) is 3.28. The Hall–Kier alpha value is -0.480. The molecule has 1 N–H and O–H groups in total. The van der Waals surface area contributed by atoms with E-state index in [1.807, 2.05) is 20.1 Å². The number of hydrogen-bond donors (Lipinski definition) is 1. The van der Waals surface area contributed by atoms with Crippen LogP contribution < -0.4 is 0 Å². The first-order chi connectivity index (χ1) is 5.25. The second-order valence-electron chi connectivity index (χ2n) is 2.34. The van der Waals surface area contributed by atoms with Crippen LogP contribution in [0, 0.1) is 13.8 Å². The van der Waals surface area contributed by atoms with Crippen molar-refractivity contribution in [2.75, 3.05) is 6.26 Å². The smallest absolute Gasteiger partial charge is 0.0900 e. The molecule has 0 aliphatic rings. The molecule has 1 aromatic rings. The monoisotopic (exact) mass is 172 g/mol. The number of H-pyrrole nitrogens is 1. The van der Waals surface area contributed by atoms with Crippen molar-refractivity contribution in [1.82, 2.24) is 10.2 Å². The zero-order valence-electron chi connectivity index (χ0n) is 6.97. The van der Waals surface area contributed by atoms with E-state index in [2.05, 4.69) is 10.2 Å². The Labute approximate surface area is 70.7 Å². The molecule has 3 nitrogen and oxygen atoms in total. The molecule has 0 fully saturated rings. The predicted molar refractivity (Wildman–Crippen MR) is 46.4 cm³/mol. The minimum atomic E-state index is 0.634. The molecule has 1 heterocycles. The molecular weight excluding hydrogens is 160 g/mol. The van der Waals surface area contributed by atoms with Crippen molar-refractivity contribution in [3.8, 4) is 0 Å². The molecule has 11 heavy (non-hydrogen) atoms. The average Bonchev–Trinajstić information content (AvgIpc) is 2.29. The molecule has 0 aliphatic carbocycles. The lowest BCUT2D eigenvalue weighted by molar-refractivity contribution is 0.364. The molecule has 0 saturated heterocycles. The van der Waals surface area contributed by atoms with Crippen LogP contribution >= 0.6 is 12.0 Å². The number of aromatic amines is 1. The van der Waals surface area contributed by atoms with Crippen molar-refractivity contribution < 1.29 is 4.18 Å². The lowest BCUT2D eigenvalue weighted by Gasteiger charge is -1.98. The molecule has 0 spiro atoms. The van der Waals surface area contributed by atoms with E-state index in [1.165, 1.54) is 17.6 Å². The molecule has 0 radical (unpaired) electrons. The van der Waals surface area contributed by atoms with Crippen molar-refractivity contribution in [2.24, 2.45) is 0 Å². The molecule has 0 amide bonds. The standard InChI is InChI=1S/C7H12N2OS/c1-5-7(4-10-11-3)6(2)9-8-5/h4H2,1-3H3,(H,8,9). The fourth-order valence-corrected chi connectivity index (χ4v) is 1.14. The van der Waals surface area contributed by atoms with Gasteiger partial charge < -0.3 is 4.18 Å². The lowest BCUT2D eigenvalue weighted by Crippen LogP contribution is -1.88. The van der Waals surface area contributed by atoms with Gasteiger partial charge in [0.25, 0.3) is 0 Å². The third-order valence-corrected chi connectivity index (χ3v) is 1.96. The molecular formula is C7H12N2OS. The number of nitrogens with one attached hydrogen (secondary N) is 1. The van der Waals surface area contributed by atoms with Crippen LogP contribution in [0.4, 0.5) is 0 Å². The third kappa shape index (κ3) is 1.97. The quantitative estimate of drug-likeness (QED) is 0.707. The van der Waals surface area contributed by atoms with Crippen molar-refractivity contribution >= 4 is 12.0 Å². The Morgan fingerprint density at radius 3 is 2.73 bits per heavy atom. The zero-order valence-corrected chi connectivity index (χ0v) is 7.79. The van der Waals surface area contributed by atoms with Gasteiger partial charge in [0.1, 0.15) is 0 Å². The first-order valence-corrected chi connectivity index (χ1v) is 4.56. The van der Waals surface area contributed by atoms with E-state index in [0.29, 0.717) is 6.61 Å². The molecule has 0 aromatic carbocycles. The van der Waals surface area contributed by atoms with Crippen molar-refractivity contribution in [2.45, 2.75) is 20.5 Å². The topological polar surface area (TPSA) is 37.9 Å². The van der Waals surface area contributed by atoms with Crippen LogP contribution in [0.1, 0.15) is 17.0 Å². The maximum absolute atomic E-state index is 5.20. The summed E-state index contributed by atoms with van der Waals surface area (Å²) in [4.78, 5) is 0. The third-order valence-electron chi connectivity index (χ3n) is 1.60. The average molecular weight is 172 g/mol. The van der Waals surface area contributed by atoms with Gasteiger partial charge in [0.2, 0.25) is 0 Å². The van der Waals surface area contributed by atoms with Gasteiger partial charge in [-0.2, -0.15) is 5.10 Å². The molecule has 0 aliphatic heterocycles. The second-order valence-corrected chi connectivity index (χ2v) is 2.91. The summed E-state index contributed by atoms with van der Waals surface area (Å²) < 4.78 is 5.20. The largest absolute Gasteiger partial charge is 0.311 e. The van der Waals surface area contributed by atoms with E-state index < -0.39 is 0 Å². The summed E-state index contributed by atoms with van der Waals surface area (Å²) in [6.07, 6.45) is 1.91. The minimum absolute atomic E-state index is 0.634. The highest BCUT2D eigenvalue weighted by molar-refractivity contribution is 7.93. The van der Waals surface area contributed by atoms with Crippen LogP contribution in [-0.4, -0.2) is 16.5 Å². The Bertz CT molecular complexity index is 215. The lowest BCUT2D eigenvalue weighted by atomic mass is 10.2. The summed E-state index contributed by atoms with van der Waals surface area (Å²) in [5, 5.41) is 6.96. The molecule has 4 heteroatoms. The fraction of sp³-hybridized carbons (Fsp3) is 0.571. The molecule has 0 atom stereocenters. The van der Waals surface area contributed by atoms with E-state index in [-0.39, 0.29) is 0 Å². The SMILES string of the molecule is CSOCc1c(C)n[nH]c1C. The van der Waals surface area contributed by atoms with Crippen LogP contribution in [0.3, 0.4) is 0 Å². The van der Waals surface area contributed by atoms with Crippen LogP contribution in [0.15, 0.2) is 0 Å². The van der Waals surface area contributed by atoms with Gasteiger partial charge in [0.15, 0.2) is 0 Å². The van der Waals surface area contributed by atoms with Crippen LogP contribution in [0.5, 0.6) is 0 Å². The van der Waals surface area contributed by atoms with Gasteiger partial charge in [-0.1, -0.05) is 0 Å². The molecule has 1 aromatic heterocycles. The van der Waals surface area contributed by atoms with Gasteiger partial charge in [-0.25, -0.2) is 0 Å². The van der Waals surface area contributed by atoms with Gasteiger partial charge >= 0.3 is 0 Å². The highest BCUT2D eigenvalue weighted by Crippen LogP contribution is 2.12. The van der Waals surface area contributed by atoms with Gasteiger partial charge in [-0.15, -0.1) is 0 Å². The van der Waals surface area contributed by atoms with Crippen molar-refractivity contribution in [3.05, 3.63) is 17.0 Å². The maximum Gasteiger partial charge on any atom is 0.0900 e. The second kappa shape index (κ2) is 3.78. The summed E-state index contributed by atoms with van der Waals surface area (Å²) >= 11 is 1.38. The van der Waals surface area contributed by atoms with E-state index in [9.17, 15) is 0 Å². The first kappa shape index (κ1) is 8.62. The van der Waals surface area contributed by atoms with Gasteiger partial charge in [0.05, 0.1) is 12.3 Å². The number of aromatic nitrogens is 2. The maximum atomic E-state index is 5.20. The van der Waals surface area contributed by atoms with Crippen molar-refractivity contribution in [3.63, 3.8) is 0 Å². The van der Waals surface area contributed by atoms with Crippen LogP contribution in [-0.2, 0) is 10.8 Å². The van der Waals surface area contributed by atoms with E-state index >= 15 is 0 Å². The normalized spacial score (nSPS) is 10.5. The summed E-state index contributed by atoms with van der Waals surface area (Å²) in [6, 6.07) is 0. The van der Waals surface area contributed by atoms with E-state index in [0.717, 1.165) is 11.4 Å². The zero-order chi connectivity index (χ0) is 8.27. The first-order valence-electron chi connectivity index (χ1n) is 3.41. The Morgan fingerprint density at radius 1 is 1.55 bits per heavy atom. The fourth-order valence-electron chi connectivity index (χ4n) is 0.905. The van der Waals surface area contributed by atoms with Crippen LogP contribution in [0.2, 0.25) is 0 Å². The molecule has 0 unspecified atom stereocenters. The number of rotatable bonds is 3. The molecule has 1 rings (SSSR count). The number of nitrogens with zero attached hydrogens (tertiary/aromatic N) is 1. The highest BCUT2D eigenvalue weighted by Gasteiger charge is 2.04. The summed E-state index contributed by atoms with van der Waals surface area (Å²) in [5.74, 6) is 0. The molecule has 0 bridgehead atoms. The van der Waals surface area contributed by atoms with Gasteiger partial charge in [0, 0.05) is 17.5 Å². The minimum Gasteiger partial charge on any atom is -0.311 e. The number of hydrogen-bond acceptors (Lipinski definition) is 3. The van der Waals surface area contributed by atoms with E-state index in [4.69, 9.17) is 4.18 Å². The Balaban J connectivity index is 2.67. The Kier molecular flexibility index (Phi) is 2.96. The predicted octanol–water partition coefficient (Wildman–Crippen LogP) is 1.82. The van der Waals surface area contributed by atoms with Crippen LogP contribution in [0.25, 0.3) is 0 Å².